The quantitative estimate of drug-likeness (QED) is 0.590. The zero-order valence-corrected chi connectivity index (χ0v) is 14.6. The molecule has 0 bridgehead atoms. The van der Waals surface area contributed by atoms with Gasteiger partial charge in [-0.3, -0.25) is 29.1 Å². The Bertz CT molecular complexity index is 1150. The Kier molecular flexibility index (Phi) is 3.36. The molecule has 9 heteroatoms. The number of carbonyl (C=O) groups is 3. The van der Waals surface area contributed by atoms with E-state index in [0.29, 0.717) is 24.7 Å². The maximum absolute atomic E-state index is 12.9. The number of carbonyl (C=O) groups excluding carboxylic acids is 3. The molecule has 5 rings (SSSR count). The van der Waals surface area contributed by atoms with Gasteiger partial charge >= 0.3 is 0 Å². The van der Waals surface area contributed by atoms with E-state index in [1.165, 1.54) is 6.07 Å². The fourth-order valence-electron chi connectivity index (χ4n) is 3.55. The number of nitrogens with one attached hydrogen (secondary N) is 1. The van der Waals surface area contributed by atoms with Crippen LogP contribution in [0.5, 0.6) is 11.5 Å². The second-order valence-electron chi connectivity index (χ2n) is 6.93. The lowest BCUT2D eigenvalue weighted by atomic mass is 10.0. The number of nitrogen functional groups attached to an aromatic ring is 1. The minimum atomic E-state index is -0.682. The van der Waals surface area contributed by atoms with Crippen molar-refractivity contribution in [3.63, 3.8) is 0 Å². The van der Waals surface area contributed by atoms with E-state index in [-0.39, 0.29) is 39.9 Å². The van der Waals surface area contributed by atoms with Crippen molar-refractivity contribution in [2.75, 3.05) is 18.9 Å². The number of pyridine rings is 1. The van der Waals surface area contributed by atoms with Crippen LogP contribution in [0.4, 0.5) is 5.82 Å². The standard InChI is InChI=1S/C19H15N3O6/c20-17-15-10(18(25)21-19(15)26)6-14(23)22(17)11-7-13-12(27-3-4-28-13)5-9(11)16(24)8-1-2-8/h5-8H,1-4,20H2,(H,21,25,26). The van der Waals surface area contributed by atoms with Crippen LogP contribution in [0, 0.1) is 5.92 Å². The fourth-order valence-corrected chi connectivity index (χ4v) is 3.55. The summed E-state index contributed by atoms with van der Waals surface area (Å²) in [6.45, 7) is 0.681. The highest BCUT2D eigenvalue weighted by Crippen LogP contribution is 2.40. The average molecular weight is 381 g/mol. The zero-order valence-electron chi connectivity index (χ0n) is 14.6. The highest BCUT2D eigenvalue weighted by Gasteiger charge is 2.36. The molecule has 3 aliphatic rings. The maximum atomic E-state index is 12.9. The van der Waals surface area contributed by atoms with Crippen LogP contribution in [0.15, 0.2) is 23.0 Å². The number of ketones is 1. The van der Waals surface area contributed by atoms with Crippen molar-refractivity contribution in [1.29, 1.82) is 0 Å². The largest absolute Gasteiger partial charge is 0.486 e. The number of nitrogens with zero attached hydrogens (tertiary/aromatic N) is 1. The second-order valence-corrected chi connectivity index (χ2v) is 6.93. The molecule has 0 unspecified atom stereocenters. The summed E-state index contributed by atoms with van der Waals surface area (Å²) in [4.78, 5) is 49.7. The highest BCUT2D eigenvalue weighted by atomic mass is 16.6. The van der Waals surface area contributed by atoms with Gasteiger partial charge in [-0.1, -0.05) is 0 Å². The Hall–Kier alpha value is -3.62. The van der Waals surface area contributed by atoms with Gasteiger partial charge < -0.3 is 15.2 Å². The van der Waals surface area contributed by atoms with Gasteiger partial charge in [-0.15, -0.1) is 0 Å². The van der Waals surface area contributed by atoms with Crippen molar-refractivity contribution >= 4 is 23.4 Å². The molecule has 142 valence electrons. The molecule has 1 saturated carbocycles. The van der Waals surface area contributed by atoms with Crippen molar-refractivity contribution in [1.82, 2.24) is 9.88 Å². The molecule has 2 amide bonds. The van der Waals surface area contributed by atoms with Gasteiger partial charge in [-0.2, -0.15) is 0 Å². The topological polar surface area (TPSA) is 130 Å². The summed E-state index contributed by atoms with van der Waals surface area (Å²) in [5.74, 6) is -1.00. The molecular weight excluding hydrogens is 366 g/mol. The minimum Gasteiger partial charge on any atom is -0.486 e. The number of nitrogens with two attached hydrogens (primary N) is 1. The van der Waals surface area contributed by atoms with Gasteiger partial charge in [0.1, 0.15) is 19.0 Å². The van der Waals surface area contributed by atoms with E-state index in [1.807, 2.05) is 0 Å². The number of imide groups is 1. The zero-order chi connectivity index (χ0) is 19.6. The number of hydrogen-bond donors (Lipinski definition) is 2. The van der Waals surface area contributed by atoms with E-state index in [4.69, 9.17) is 15.2 Å². The third kappa shape index (κ3) is 2.32. The van der Waals surface area contributed by atoms with Crippen LogP contribution in [-0.4, -0.2) is 35.4 Å². The molecule has 3 heterocycles. The summed E-state index contributed by atoms with van der Waals surface area (Å²) >= 11 is 0. The lowest BCUT2D eigenvalue weighted by molar-refractivity contribution is 0.0878. The first-order chi connectivity index (χ1) is 13.5. The Labute approximate surface area is 158 Å². The van der Waals surface area contributed by atoms with Crippen LogP contribution < -0.4 is 26.1 Å². The van der Waals surface area contributed by atoms with E-state index in [1.54, 1.807) is 6.07 Å². The summed E-state index contributed by atoms with van der Waals surface area (Å²) in [7, 11) is 0. The Balaban J connectivity index is 1.79. The average Bonchev–Trinajstić information content (AvgIpc) is 3.47. The molecule has 1 fully saturated rings. The van der Waals surface area contributed by atoms with Crippen molar-refractivity contribution in [3.8, 4) is 17.2 Å². The minimum absolute atomic E-state index is 0.0728. The first-order valence-corrected chi connectivity index (χ1v) is 8.85. The van der Waals surface area contributed by atoms with Gasteiger partial charge in [0.2, 0.25) is 0 Å². The van der Waals surface area contributed by atoms with Crippen molar-refractivity contribution in [2.45, 2.75) is 12.8 Å². The van der Waals surface area contributed by atoms with E-state index in [2.05, 4.69) is 5.32 Å². The highest BCUT2D eigenvalue weighted by molar-refractivity contribution is 6.23. The van der Waals surface area contributed by atoms with Crippen LogP contribution in [0.1, 0.15) is 43.9 Å². The molecule has 3 N–H and O–H groups in total. The third-order valence-electron chi connectivity index (χ3n) is 5.07. The second kappa shape index (κ2) is 5.69. The number of aromatic nitrogens is 1. The Morgan fingerprint density at radius 1 is 1.04 bits per heavy atom. The SMILES string of the molecule is Nc1c2c(cc(=O)n1-c1cc3c(cc1C(=O)C1CC1)OCCO3)C(=O)NC2=O. The van der Waals surface area contributed by atoms with Gasteiger partial charge in [-0.05, 0) is 18.9 Å². The first-order valence-electron chi connectivity index (χ1n) is 8.85. The smallest absolute Gasteiger partial charge is 0.262 e. The molecule has 1 aromatic heterocycles. The van der Waals surface area contributed by atoms with Crippen molar-refractivity contribution < 1.29 is 23.9 Å². The molecule has 0 saturated heterocycles. The predicted molar refractivity (Wildman–Crippen MR) is 96.3 cm³/mol. The van der Waals surface area contributed by atoms with E-state index in [0.717, 1.165) is 23.5 Å². The summed E-state index contributed by atoms with van der Waals surface area (Å²) < 4.78 is 12.2. The lowest BCUT2D eigenvalue weighted by Gasteiger charge is -2.22. The molecule has 0 spiro atoms. The normalized spacial score (nSPS) is 17.3. The molecule has 2 aromatic rings. The van der Waals surface area contributed by atoms with Gasteiger partial charge in [0.15, 0.2) is 17.3 Å². The number of anilines is 1. The predicted octanol–water partition coefficient (Wildman–Crippen LogP) is 0.667. The first kappa shape index (κ1) is 16.5. The van der Waals surface area contributed by atoms with Crippen LogP contribution >= 0.6 is 0 Å². The summed E-state index contributed by atoms with van der Waals surface area (Å²) in [5.41, 5.74) is 5.82. The number of fused-ring (bicyclic) bond motifs is 2. The van der Waals surface area contributed by atoms with Crippen LogP contribution in [0.2, 0.25) is 0 Å². The number of rotatable bonds is 3. The molecule has 0 atom stereocenters. The van der Waals surface area contributed by atoms with Crippen molar-refractivity contribution in [2.24, 2.45) is 5.92 Å². The summed E-state index contributed by atoms with van der Waals surface area (Å²) in [5, 5.41) is 2.12. The number of Topliss-reactive ketones (excluding diaryl/α,β-unsaturated/α-hetero) is 1. The summed E-state index contributed by atoms with van der Waals surface area (Å²) in [6, 6.07) is 4.12. The number of ether oxygens (including phenoxy) is 2. The number of hydrogen-bond acceptors (Lipinski definition) is 7. The molecular formula is C19H15N3O6. The lowest BCUT2D eigenvalue weighted by Crippen LogP contribution is -2.26. The van der Waals surface area contributed by atoms with E-state index in [9.17, 15) is 19.2 Å². The third-order valence-corrected chi connectivity index (χ3v) is 5.07. The van der Waals surface area contributed by atoms with Crippen molar-refractivity contribution in [3.05, 3.63) is 45.2 Å². The van der Waals surface area contributed by atoms with Gasteiger partial charge in [0.25, 0.3) is 17.4 Å². The Morgan fingerprint density at radius 3 is 2.39 bits per heavy atom. The van der Waals surface area contributed by atoms with Gasteiger partial charge in [0.05, 0.1) is 16.8 Å². The molecule has 0 radical (unpaired) electrons. The summed E-state index contributed by atoms with van der Waals surface area (Å²) in [6.07, 6.45) is 1.55. The van der Waals surface area contributed by atoms with Crippen LogP contribution in [0.3, 0.4) is 0 Å². The van der Waals surface area contributed by atoms with Gasteiger partial charge in [0, 0.05) is 23.6 Å². The Morgan fingerprint density at radius 2 is 1.71 bits per heavy atom. The monoisotopic (exact) mass is 381 g/mol. The maximum Gasteiger partial charge on any atom is 0.262 e. The molecule has 28 heavy (non-hydrogen) atoms. The molecule has 2 aliphatic heterocycles. The van der Waals surface area contributed by atoms with E-state index < -0.39 is 17.4 Å². The number of amides is 2. The van der Waals surface area contributed by atoms with Crippen LogP contribution in [-0.2, 0) is 0 Å². The fraction of sp³-hybridized carbons (Fsp3) is 0.263. The van der Waals surface area contributed by atoms with E-state index >= 15 is 0 Å². The molecule has 1 aliphatic carbocycles. The number of benzene rings is 1. The molecule has 9 nitrogen and oxygen atoms in total. The molecule has 1 aromatic carbocycles. The van der Waals surface area contributed by atoms with Gasteiger partial charge in [-0.25, -0.2) is 0 Å². The van der Waals surface area contributed by atoms with Crippen LogP contribution in [0.25, 0.3) is 5.69 Å².